The molecule has 0 aromatic heterocycles. The number of rotatable bonds is 4. The summed E-state index contributed by atoms with van der Waals surface area (Å²) < 4.78 is 39.8. The average molecular weight is 329 g/mol. The molecule has 1 aliphatic rings. The highest BCUT2D eigenvalue weighted by molar-refractivity contribution is 5.93. The van der Waals surface area contributed by atoms with E-state index in [0.717, 1.165) is 32.0 Å². The summed E-state index contributed by atoms with van der Waals surface area (Å²) in [5, 5.41) is 0. The van der Waals surface area contributed by atoms with Gasteiger partial charge < -0.3 is 10.6 Å². The van der Waals surface area contributed by atoms with Crippen LogP contribution in [0.15, 0.2) is 18.2 Å². The quantitative estimate of drug-likeness (QED) is 0.922. The minimum absolute atomic E-state index is 0.120. The fourth-order valence-electron chi connectivity index (χ4n) is 2.97. The predicted octanol–water partition coefficient (Wildman–Crippen LogP) is 2.33. The number of hydrogen-bond acceptors (Lipinski definition) is 3. The third-order valence-electron chi connectivity index (χ3n) is 4.30. The van der Waals surface area contributed by atoms with Crippen LogP contribution in [-0.2, 0) is 12.7 Å². The zero-order valence-corrected chi connectivity index (χ0v) is 13.4. The molecule has 0 spiro atoms. The lowest BCUT2D eigenvalue weighted by Gasteiger charge is -2.36. The summed E-state index contributed by atoms with van der Waals surface area (Å²) in [7, 11) is 3.97. The number of amides is 1. The zero-order valence-electron chi connectivity index (χ0n) is 13.4. The molecular weight excluding hydrogens is 307 g/mol. The molecule has 0 unspecified atom stereocenters. The first-order valence-electron chi connectivity index (χ1n) is 7.57. The highest BCUT2D eigenvalue weighted by atomic mass is 19.4. The van der Waals surface area contributed by atoms with Crippen molar-refractivity contribution < 1.29 is 18.0 Å². The predicted molar refractivity (Wildman–Crippen MR) is 81.9 cm³/mol. The monoisotopic (exact) mass is 329 g/mol. The second-order valence-electron chi connectivity index (χ2n) is 6.23. The number of likely N-dealkylation sites (N-methyl/N-ethyl adjacent to an activating group) is 1. The standard InChI is InChI=1S/C16H22F3N3O/c1-21(2)13-4-3-7-22(10-13)9-12-6-5-11(15(20)23)8-14(12)16(17,18)19/h5-6,8,13H,3-4,7,9-10H2,1-2H3,(H2,20,23)/t13-/m0/s1. The molecule has 1 aromatic carbocycles. The maximum absolute atomic E-state index is 13.3. The lowest BCUT2D eigenvalue weighted by molar-refractivity contribution is -0.138. The van der Waals surface area contributed by atoms with E-state index in [4.69, 9.17) is 5.73 Å². The van der Waals surface area contributed by atoms with E-state index in [2.05, 4.69) is 4.90 Å². The van der Waals surface area contributed by atoms with Gasteiger partial charge in [-0.2, -0.15) is 13.2 Å². The summed E-state index contributed by atoms with van der Waals surface area (Å²) in [5.74, 6) is -0.854. The van der Waals surface area contributed by atoms with Gasteiger partial charge in [0, 0.05) is 24.7 Å². The maximum Gasteiger partial charge on any atom is 0.416 e. The third-order valence-corrected chi connectivity index (χ3v) is 4.30. The van der Waals surface area contributed by atoms with Crippen LogP contribution in [0.1, 0.15) is 34.3 Å². The zero-order chi connectivity index (χ0) is 17.2. The fourth-order valence-corrected chi connectivity index (χ4v) is 2.97. The molecular formula is C16H22F3N3O. The summed E-state index contributed by atoms with van der Waals surface area (Å²) in [6.07, 6.45) is -2.49. The number of benzene rings is 1. The van der Waals surface area contributed by atoms with Gasteiger partial charge in [-0.25, -0.2) is 0 Å². The molecule has 7 heteroatoms. The van der Waals surface area contributed by atoms with Gasteiger partial charge in [0.25, 0.3) is 0 Å². The van der Waals surface area contributed by atoms with Crippen LogP contribution in [0.4, 0.5) is 13.2 Å². The van der Waals surface area contributed by atoms with E-state index in [9.17, 15) is 18.0 Å². The van der Waals surface area contributed by atoms with Crippen LogP contribution in [0.5, 0.6) is 0 Å². The lowest BCUT2D eigenvalue weighted by atomic mass is 10.00. The second-order valence-corrected chi connectivity index (χ2v) is 6.23. The van der Waals surface area contributed by atoms with E-state index >= 15 is 0 Å². The number of alkyl halides is 3. The Morgan fingerprint density at radius 2 is 2.09 bits per heavy atom. The Bertz CT molecular complexity index is 572. The van der Waals surface area contributed by atoms with Crippen LogP contribution >= 0.6 is 0 Å². The van der Waals surface area contributed by atoms with Crippen molar-refractivity contribution in [3.63, 3.8) is 0 Å². The smallest absolute Gasteiger partial charge is 0.366 e. The van der Waals surface area contributed by atoms with Crippen molar-refractivity contribution in [3.8, 4) is 0 Å². The number of carbonyl (C=O) groups is 1. The molecule has 0 bridgehead atoms. The summed E-state index contributed by atoms with van der Waals surface area (Å²) in [4.78, 5) is 15.3. The van der Waals surface area contributed by atoms with E-state index in [-0.39, 0.29) is 17.7 Å². The highest BCUT2D eigenvalue weighted by Crippen LogP contribution is 2.33. The fraction of sp³-hybridized carbons (Fsp3) is 0.562. The van der Waals surface area contributed by atoms with Gasteiger partial charge in [-0.05, 0) is 51.2 Å². The Labute approximate surface area is 134 Å². The average Bonchev–Trinajstić information content (AvgIpc) is 2.46. The van der Waals surface area contributed by atoms with Gasteiger partial charge in [0.2, 0.25) is 5.91 Å². The first-order chi connectivity index (χ1) is 10.7. The Morgan fingerprint density at radius 3 is 2.65 bits per heavy atom. The summed E-state index contributed by atoms with van der Waals surface area (Å²) >= 11 is 0. The highest BCUT2D eigenvalue weighted by Gasteiger charge is 2.34. The third kappa shape index (κ3) is 4.45. The summed E-state index contributed by atoms with van der Waals surface area (Å²) in [6, 6.07) is 3.93. The minimum Gasteiger partial charge on any atom is -0.366 e. The van der Waals surface area contributed by atoms with Gasteiger partial charge in [-0.15, -0.1) is 0 Å². The summed E-state index contributed by atoms with van der Waals surface area (Å²) in [6.45, 7) is 1.74. The Morgan fingerprint density at radius 1 is 1.39 bits per heavy atom. The molecule has 1 atom stereocenters. The number of likely N-dealkylation sites (tertiary alicyclic amines) is 1. The largest absolute Gasteiger partial charge is 0.416 e. The summed E-state index contributed by atoms with van der Waals surface area (Å²) in [5.41, 5.74) is 4.38. The number of primary amides is 1. The van der Waals surface area contributed by atoms with E-state index < -0.39 is 17.6 Å². The van der Waals surface area contributed by atoms with Crippen LogP contribution < -0.4 is 5.73 Å². The van der Waals surface area contributed by atoms with Gasteiger partial charge >= 0.3 is 6.18 Å². The molecule has 2 N–H and O–H groups in total. The van der Waals surface area contributed by atoms with E-state index in [1.807, 2.05) is 19.0 Å². The molecule has 2 rings (SSSR count). The molecule has 23 heavy (non-hydrogen) atoms. The Kier molecular flexibility index (Phi) is 5.31. The van der Waals surface area contributed by atoms with Gasteiger partial charge in [-0.3, -0.25) is 9.69 Å². The molecule has 4 nitrogen and oxygen atoms in total. The van der Waals surface area contributed by atoms with E-state index in [1.165, 1.54) is 12.1 Å². The molecule has 1 aliphatic heterocycles. The normalized spacial score (nSPS) is 20.0. The lowest BCUT2D eigenvalue weighted by Crippen LogP contribution is -2.44. The van der Waals surface area contributed by atoms with Crippen molar-refractivity contribution in [3.05, 3.63) is 34.9 Å². The molecule has 1 saturated heterocycles. The second kappa shape index (κ2) is 6.88. The number of nitrogens with zero attached hydrogens (tertiary/aromatic N) is 2. The van der Waals surface area contributed by atoms with Crippen LogP contribution in [0.3, 0.4) is 0 Å². The van der Waals surface area contributed by atoms with Crippen LogP contribution in [0.2, 0.25) is 0 Å². The number of hydrogen-bond donors (Lipinski definition) is 1. The van der Waals surface area contributed by atoms with Crippen molar-refractivity contribution in [2.24, 2.45) is 5.73 Å². The molecule has 1 aromatic rings. The molecule has 1 heterocycles. The van der Waals surface area contributed by atoms with E-state index in [0.29, 0.717) is 6.04 Å². The SMILES string of the molecule is CN(C)[C@H]1CCCN(Cc2ccc(C(N)=O)cc2C(F)(F)F)C1. The Balaban J connectivity index is 2.23. The van der Waals surface area contributed by atoms with Crippen molar-refractivity contribution in [1.29, 1.82) is 0 Å². The number of piperidine rings is 1. The van der Waals surface area contributed by atoms with Gasteiger partial charge in [0.1, 0.15) is 0 Å². The molecule has 1 fully saturated rings. The van der Waals surface area contributed by atoms with Crippen molar-refractivity contribution in [2.75, 3.05) is 27.2 Å². The minimum atomic E-state index is -4.50. The van der Waals surface area contributed by atoms with Crippen molar-refractivity contribution >= 4 is 5.91 Å². The van der Waals surface area contributed by atoms with Crippen LogP contribution in [0, 0.1) is 0 Å². The van der Waals surface area contributed by atoms with Crippen molar-refractivity contribution in [2.45, 2.75) is 31.6 Å². The first kappa shape index (κ1) is 17.7. The van der Waals surface area contributed by atoms with Crippen LogP contribution in [-0.4, -0.2) is 48.9 Å². The number of halogens is 3. The molecule has 0 radical (unpaired) electrons. The van der Waals surface area contributed by atoms with E-state index in [1.54, 1.807) is 0 Å². The Hall–Kier alpha value is -1.60. The molecule has 1 amide bonds. The number of nitrogens with two attached hydrogens (primary N) is 1. The van der Waals surface area contributed by atoms with Gasteiger partial charge in [0.15, 0.2) is 0 Å². The maximum atomic E-state index is 13.3. The van der Waals surface area contributed by atoms with Gasteiger partial charge in [-0.1, -0.05) is 6.07 Å². The number of carbonyl (C=O) groups excluding carboxylic acids is 1. The first-order valence-corrected chi connectivity index (χ1v) is 7.57. The molecule has 128 valence electrons. The van der Waals surface area contributed by atoms with Crippen LogP contribution in [0.25, 0.3) is 0 Å². The van der Waals surface area contributed by atoms with Gasteiger partial charge in [0.05, 0.1) is 5.56 Å². The molecule has 0 aliphatic carbocycles. The van der Waals surface area contributed by atoms with Crippen molar-refractivity contribution in [1.82, 2.24) is 9.80 Å². The molecule has 0 saturated carbocycles. The topological polar surface area (TPSA) is 49.6 Å².